The highest BCUT2D eigenvalue weighted by Gasteiger charge is 2.16. The molecule has 0 saturated carbocycles. The molecule has 0 amide bonds. The quantitative estimate of drug-likeness (QED) is 0.361. The smallest absolute Gasteiger partial charge is 0.261 e. The molecule has 1 aliphatic heterocycles. The second-order valence-electron chi connectivity index (χ2n) is 7.71. The van der Waals surface area contributed by atoms with Crippen LogP contribution in [0.4, 0.5) is 11.4 Å². The van der Waals surface area contributed by atoms with Gasteiger partial charge in [0, 0.05) is 18.8 Å². The average molecular weight is 464 g/mol. The number of sulfonamides is 1. The van der Waals surface area contributed by atoms with E-state index in [2.05, 4.69) is 27.9 Å². The molecule has 0 atom stereocenters. The number of rotatable bonds is 10. The molecule has 174 valence electrons. The van der Waals surface area contributed by atoms with Crippen LogP contribution in [0, 0.1) is 0 Å². The van der Waals surface area contributed by atoms with Crippen molar-refractivity contribution in [3.8, 4) is 0 Å². The minimum atomic E-state index is -3.67. The topological polar surface area (TPSA) is 116 Å². The summed E-state index contributed by atoms with van der Waals surface area (Å²) >= 11 is 0. The van der Waals surface area contributed by atoms with Gasteiger partial charge in [-0.1, -0.05) is 13.0 Å². The molecule has 0 aromatic heterocycles. The van der Waals surface area contributed by atoms with Gasteiger partial charge in [0.1, 0.15) is 0 Å². The largest absolute Gasteiger partial charge is 0.371 e. The van der Waals surface area contributed by atoms with Gasteiger partial charge in [-0.05, 0) is 75.7 Å². The first-order valence-electron chi connectivity index (χ1n) is 10.5. The summed E-state index contributed by atoms with van der Waals surface area (Å²) < 4.78 is 51.6. The summed E-state index contributed by atoms with van der Waals surface area (Å²) in [6.07, 6.45) is 10.2. The summed E-state index contributed by atoms with van der Waals surface area (Å²) in [7, 11) is -6.91. The maximum absolute atomic E-state index is 11.5. The maximum Gasteiger partial charge on any atom is 0.261 e. The summed E-state index contributed by atoms with van der Waals surface area (Å²) in [6.45, 7) is 6.47. The average Bonchev–Trinajstić information content (AvgIpc) is 2.63. The van der Waals surface area contributed by atoms with Gasteiger partial charge in [-0.3, -0.25) is 9.27 Å². The molecule has 0 aliphatic carbocycles. The third-order valence-electron chi connectivity index (χ3n) is 4.56. The summed E-state index contributed by atoms with van der Waals surface area (Å²) in [5.74, 6) is 0. The van der Waals surface area contributed by atoms with Gasteiger partial charge in [0.2, 0.25) is 10.0 Å². The van der Waals surface area contributed by atoms with Crippen molar-refractivity contribution in [2.75, 3.05) is 48.3 Å². The lowest BCUT2D eigenvalue weighted by atomic mass is 10.0. The predicted molar refractivity (Wildman–Crippen MR) is 125 cm³/mol. The van der Waals surface area contributed by atoms with Crippen LogP contribution >= 0.6 is 0 Å². The lowest BCUT2D eigenvalue weighted by Crippen LogP contribution is -2.30. The SMILES string of the molecule is CCCNCCCCc1ccc(NS(C)(=O)=O)cc1N1CCCCC1.CS(=O)(=O)O. The highest BCUT2D eigenvalue weighted by atomic mass is 32.2. The maximum atomic E-state index is 11.5. The first kappa shape index (κ1) is 26.7. The molecule has 0 bridgehead atoms. The lowest BCUT2D eigenvalue weighted by molar-refractivity contribution is 0.490. The van der Waals surface area contributed by atoms with Gasteiger partial charge < -0.3 is 10.2 Å². The van der Waals surface area contributed by atoms with Gasteiger partial charge in [-0.2, -0.15) is 8.42 Å². The molecule has 10 heteroatoms. The molecule has 1 heterocycles. The van der Waals surface area contributed by atoms with Crippen molar-refractivity contribution in [2.24, 2.45) is 0 Å². The number of aryl methyl sites for hydroxylation is 1. The van der Waals surface area contributed by atoms with Crippen LogP contribution in [0.15, 0.2) is 18.2 Å². The van der Waals surface area contributed by atoms with Gasteiger partial charge in [0.15, 0.2) is 0 Å². The normalized spacial score (nSPS) is 14.7. The second-order valence-corrected chi connectivity index (χ2v) is 10.9. The minimum absolute atomic E-state index is 0.663. The summed E-state index contributed by atoms with van der Waals surface area (Å²) in [5, 5.41) is 3.45. The summed E-state index contributed by atoms with van der Waals surface area (Å²) in [6, 6.07) is 5.99. The number of piperidine rings is 1. The zero-order valence-electron chi connectivity index (χ0n) is 18.4. The molecule has 1 saturated heterocycles. The van der Waals surface area contributed by atoms with Crippen LogP contribution in [0.25, 0.3) is 0 Å². The third kappa shape index (κ3) is 13.0. The number of hydrogen-bond acceptors (Lipinski definition) is 6. The van der Waals surface area contributed by atoms with E-state index in [1.165, 1.54) is 49.6 Å². The van der Waals surface area contributed by atoms with Crippen molar-refractivity contribution in [3.63, 3.8) is 0 Å². The van der Waals surface area contributed by atoms with E-state index in [-0.39, 0.29) is 0 Å². The van der Waals surface area contributed by atoms with Crippen molar-refractivity contribution in [1.82, 2.24) is 5.32 Å². The van der Waals surface area contributed by atoms with E-state index in [1.54, 1.807) is 0 Å². The van der Waals surface area contributed by atoms with Crippen LogP contribution in [0.5, 0.6) is 0 Å². The van der Waals surface area contributed by atoms with E-state index in [1.807, 2.05) is 12.1 Å². The number of hydrogen-bond donors (Lipinski definition) is 3. The van der Waals surface area contributed by atoms with Gasteiger partial charge in [0.05, 0.1) is 18.2 Å². The van der Waals surface area contributed by atoms with Crippen molar-refractivity contribution in [1.29, 1.82) is 0 Å². The van der Waals surface area contributed by atoms with Crippen molar-refractivity contribution >= 4 is 31.5 Å². The van der Waals surface area contributed by atoms with Crippen molar-refractivity contribution < 1.29 is 21.4 Å². The number of nitrogens with zero attached hydrogens (tertiary/aromatic N) is 1. The van der Waals surface area contributed by atoms with E-state index < -0.39 is 20.1 Å². The molecule has 1 aromatic carbocycles. The fourth-order valence-electron chi connectivity index (χ4n) is 3.35. The van der Waals surface area contributed by atoms with Crippen molar-refractivity contribution in [3.05, 3.63) is 23.8 Å². The van der Waals surface area contributed by atoms with Gasteiger partial charge in [-0.15, -0.1) is 0 Å². The molecule has 0 radical (unpaired) electrons. The summed E-state index contributed by atoms with van der Waals surface area (Å²) in [5.41, 5.74) is 3.20. The van der Waals surface area contributed by atoms with Crippen LogP contribution < -0.4 is 14.9 Å². The molecule has 3 N–H and O–H groups in total. The molecule has 1 aromatic rings. The number of anilines is 2. The lowest BCUT2D eigenvalue weighted by Gasteiger charge is -2.31. The van der Waals surface area contributed by atoms with Gasteiger partial charge >= 0.3 is 0 Å². The number of nitrogens with one attached hydrogen (secondary N) is 2. The van der Waals surface area contributed by atoms with E-state index in [4.69, 9.17) is 4.55 Å². The highest BCUT2D eigenvalue weighted by molar-refractivity contribution is 7.92. The molecular weight excluding hydrogens is 426 g/mol. The second kappa shape index (κ2) is 13.1. The highest BCUT2D eigenvalue weighted by Crippen LogP contribution is 2.29. The number of unbranched alkanes of at least 4 members (excludes halogenated alkanes) is 1. The molecule has 30 heavy (non-hydrogen) atoms. The van der Waals surface area contributed by atoms with E-state index in [0.29, 0.717) is 11.9 Å². The Bertz CT molecular complexity index is 828. The van der Waals surface area contributed by atoms with Gasteiger partial charge in [-0.25, -0.2) is 8.42 Å². The van der Waals surface area contributed by atoms with E-state index in [9.17, 15) is 16.8 Å². The Balaban J connectivity index is 0.000000804. The molecule has 0 unspecified atom stereocenters. The van der Waals surface area contributed by atoms with Gasteiger partial charge in [0.25, 0.3) is 10.1 Å². The Labute approximate surface area is 182 Å². The minimum Gasteiger partial charge on any atom is -0.371 e. The van der Waals surface area contributed by atoms with E-state index >= 15 is 0 Å². The molecular formula is C20H37N3O5S2. The van der Waals surface area contributed by atoms with Crippen LogP contribution in [-0.2, 0) is 26.6 Å². The Morgan fingerprint density at radius 3 is 2.20 bits per heavy atom. The third-order valence-corrected chi connectivity index (χ3v) is 5.17. The van der Waals surface area contributed by atoms with Crippen LogP contribution in [0.2, 0.25) is 0 Å². The summed E-state index contributed by atoms with van der Waals surface area (Å²) in [4.78, 5) is 2.42. The number of benzene rings is 1. The predicted octanol–water partition coefficient (Wildman–Crippen LogP) is 2.87. The Hall–Kier alpha value is -1.36. The van der Waals surface area contributed by atoms with Crippen LogP contribution in [0.3, 0.4) is 0 Å². The fraction of sp³-hybridized carbons (Fsp3) is 0.700. The van der Waals surface area contributed by atoms with E-state index in [0.717, 1.165) is 39.0 Å². The zero-order chi connectivity index (χ0) is 22.6. The Morgan fingerprint density at radius 1 is 1.00 bits per heavy atom. The molecule has 2 rings (SSSR count). The fourth-order valence-corrected chi connectivity index (χ4v) is 3.90. The zero-order valence-corrected chi connectivity index (χ0v) is 20.0. The first-order valence-corrected chi connectivity index (χ1v) is 14.2. The first-order chi connectivity index (χ1) is 14.0. The molecule has 8 nitrogen and oxygen atoms in total. The van der Waals surface area contributed by atoms with Crippen molar-refractivity contribution in [2.45, 2.75) is 51.9 Å². The standard InChI is InChI=1S/C19H33N3O2S.CH4O3S/c1-3-12-20-13-6-5-9-17-10-11-18(21-25(2,23)24)16-19(17)22-14-7-4-8-15-22;1-5(2,3)4/h10-11,16,20-21H,3-9,12-15H2,1-2H3;1H3,(H,2,3,4). The van der Waals surface area contributed by atoms with Crippen LogP contribution in [-0.4, -0.2) is 60.1 Å². The van der Waals surface area contributed by atoms with Crippen LogP contribution in [0.1, 0.15) is 51.0 Å². The Morgan fingerprint density at radius 2 is 1.63 bits per heavy atom. The Kier molecular flexibility index (Phi) is 11.7. The molecule has 0 spiro atoms. The molecule has 1 fully saturated rings. The monoisotopic (exact) mass is 463 g/mol. The molecule has 1 aliphatic rings.